The highest BCUT2D eigenvalue weighted by Crippen LogP contribution is 2.35. The predicted molar refractivity (Wildman–Crippen MR) is 81.5 cm³/mol. The lowest BCUT2D eigenvalue weighted by atomic mass is 9.86. The summed E-state index contributed by atoms with van der Waals surface area (Å²) in [6, 6.07) is 10.8. The molecule has 5 heteroatoms. The Labute approximate surface area is 124 Å². The summed E-state index contributed by atoms with van der Waals surface area (Å²) in [6.07, 6.45) is 3.29. The van der Waals surface area contributed by atoms with Gasteiger partial charge in [0, 0.05) is 12.4 Å². The Kier molecular flexibility index (Phi) is 4.21. The van der Waals surface area contributed by atoms with Gasteiger partial charge < -0.3 is 5.11 Å². The number of carboxylic acid groups (broad SMARTS) is 1. The molecule has 0 saturated carbocycles. The molecule has 0 saturated heterocycles. The first kappa shape index (κ1) is 15.0. The molecule has 1 N–H and O–H groups in total. The second kappa shape index (κ2) is 5.91. The smallest absolute Gasteiger partial charge is 0.329 e. The van der Waals surface area contributed by atoms with Gasteiger partial charge in [-0.05, 0) is 37.1 Å². The van der Waals surface area contributed by atoms with Crippen LogP contribution in [0, 0.1) is 5.92 Å². The summed E-state index contributed by atoms with van der Waals surface area (Å²) >= 11 is 0. The monoisotopic (exact) mass is 285 g/mol. The van der Waals surface area contributed by atoms with E-state index in [0.717, 1.165) is 0 Å². The molecule has 2 aromatic rings. The molecule has 0 bridgehead atoms. The van der Waals surface area contributed by atoms with Crippen molar-refractivity contribution in [2.24, 2.45) is 5.92 Å². The molecule has 0 aliphatic carbocycles. The first-order chi connectivity index (χ1) is 9.98. The van der Waals surface area contributed by atoms with Crippen LogP contribution in [0.15, 0.2) is 48.8 Å². The molecule has 0 spiro atoms. The maximum Gasteiger partial charge on any atom is 0.329 e. The van der Waals surface area contributed by atoms with Crippen LogP contribution < -0.4 is 4.90 Å². The number of hydrogen-bond donors (Lipinski definition) is 1. The SMILES string of the molecule is CC(C)[C@@](C)(C(=O)O)N(c1ccccn1)c1ccccn1. The number of anilines is 2. The van der Waals surface area contributed by atoms with Gasteiger partial charge in [0.2, 0.25) is 0 Å². The van der Waals surface area contributed by atoms with E-state index in [0.29, 0.717) is 11.6 Å². The molecule has 2 heterocycles. The lowest BCUT2D eigenvalue weighted by molar-refractivity contribution is -0.144. The first-order valence-electron chi connectivity index (χ1n) is 6.83. The number of hydrogen-bond acceptors (Lipinski definition) is 4. The summed E-state index contributed by atoms with van der Waals surface area (Å²) < 4.78 is 0. The third-order valence-corrected chi connectivity index (χ3v) is 3.78. The van der Waals surface area contributed by atoms with Crippen LogP contribution in [-0.4, -0.2) is 26.6 Å². The van der Waals surface area contributed by atoms with Crippen molar-refractivity contribution in [1.82, 2.24) is 9.97 Å². The molecule has 0 aromatic carbocycles. The van der Waals surface area contributed by atoms with Crippen LogP contribution in [0.4, 0.5) is 11.6 Å². The maximum atomic E-state index is 12.0. The van der Waals surface area contributed by atoms with E-state index in [-0.39, 0.29) is 5.92 Å². The Morgan fingerprint density at radius 2 is 1.57 bits per heavy atom. The highest BCUT2D eigenvalue weighted by molar-refractivity contribution is 5.86. The Morgan fingerprint density at radius 3 is 1.86 bits per heavy atom. The number of nitrogens with zero attached hydrogens (tertiary/aromatic N) is 3. The normalized spacial score (nSPS) is 13.7. The molecule has 2 aromatic heterocycles. The summed E-state index contributed by atoms with van der Waals surface area (Å²) in [5.74, 6) is 0.0809. The number of carbonyl (C=O) groups is 1. The van der Waals surface area contributed by atoms with Crippen molar-refractivity contribution in [1.29, 1.82) is 0 Å². The third kappa shape index (κ3) is 2.72. The summed E-state index contributed by atoms with van der Waals surface area (Å²) in [5.41, 5.74) is -1.15. The zero-order valence-electron chi connectivity index (χ0n) is 12.4. The van der Waals surface area contributed by atoms with Gasteiger partial charge in [-0.1, -0.05) is 26.0 Å². The fourth-order valence-electron chi connectivity index (χ4n) is 2.17. The molecule has 5 nitrogen and oxygen atoms in total. The molecule has 2 rings (SSSR count). The van der Waals surface area contributed by atoms with Gasteiger partial charge in [-0.3, -0.25) is 4.90 Å². The van der Waals surface area contributed by atoms with Crippen molar-refractivity contribution in [2.45, 2.75) is 26.3 Å². The van der Waals surface area contributed by atoms with E-state index >= 15 is 0 Å². The standard InChI is InChI=1S/C16H19N3O2/c1-12(2)16(3,15(20)21)19(13-8-4-6-10-17-13)14-9-5-7-11-18-14/h4-12H,1-3H3,(H,20,21)/t16-/m0/s1. The summed E-state index contributed by atoms with van der Waals surface area (Å²) in [4.78, 5) is 22.3. The Hall–Kier alpha value is -2.43. The van der Waals surface area contributed by atoms with E-state index in [2.05, 4.69) is 9.97 Å². The highest BCUT2D eigenvalue weighted by Gasteiger charge is 2.44. The van der Waals surface area contributed by atoms with Crippen LogP contribution in [0.25, 0.3) is 0 Å². The van der Waals surface area contributed by atoms with Gasteiger partial charge >= 0.3 is 5.97 Å². The average molecular weight is 285 g/mol. The van der Waals surface area contributed by atoms with Crippen LogP contribution in [0.1, 0.15) is 20.8 Å². The van der Waals surface area contributed by atoms with E-state index in [9.17, 15) is 9.90 Å². The molecule has 0 aliphatic heterocycles. The Bertz CT molecular complexity index is 562. The van der Waals surface area contributed by atoms with Crippen LogP contribution in [0.2, 0.25) is 0 Å². The third-order valence-electron chi connectivity index (χ3n) is 3.78. The van der Waals surface area contributed by atoms with E-state index in [1.165, 1.54) is 0 Å². The lowest BCUT2D eigenvalue weighted by Crippen LogP contribution is -2.54. The molecule has 0 amide bonds. The Morgan fingerprint density at radius 1 is 1.10 bits per heavy atom. The fourth-order valence-corrected chi connectivity index (χ4v) is 2.17. The zero-order chi connectivity index (χ0) is 15.5. The van der Waals surface area contributed by atoms with Gasteiger partial charge in [-0.15, -0.1) is 0 Å². The van der Waals surface area contributed by atoms with Gasteiger partial charge in [-0.25, -0.2) is 14.8 Å². The molecule has 0 radical (unpaired) electrons. The van der Waals surface area contributed by atoms with Crippen LogP contribution in [-0.2, 0) is 4.79 Å². The molecule has 21 heavy (non-hydrogen) atoms. The second-order valence-corrected chi connectivity index (χ2v) is 5.32. The predicted octanol–water partition coefficient (Wildman–Crippen LogP) is 3.11. The second-order valence-electron chi connectivity index (χ2n) is 5.32. The Balaban J connectivity index is 2.64. The summed E-state index contributed by atoms with van der Waals surface area (Å²) in [6.45, 7) is 5.46. The van der Waals surface area contributed by atoms with Crippen LogP contribution in [0.3, 0.4) is 0 Å². The topological polar surface area (TPSA) is 66.3 Å². The molecule has 0 aliphatic rings. The van der Waals surface area contributed by atoms with Crippen molar-refractivity contribution >= 4 is 17.6 Å². The van der Waals surface area contributed by atoms with E-state index in [4.69, 9.17) is 0 Å². The van der Waals surface area contributed by atoms with Gasteiger partial charge in [0.25, 0.3) is 0 Å². The quantitative estimate of drug-likeness (QED) is 0.914. The zero-order valence-corrected chi connectivity index (χ0v) is 12.4. The van der Waals surface area contributed by atoms with Crippen molar-refractivity contribution in [3.05, 3.63) is 48.8 Å². The first-order valence-corrected chi connectivity index (χ1v) is 6.83. The van der Waals surface area contributed by atoms with Crippen molar-refractivity contribution in [2.75, 3.05) is 4.90 Å². The van der Waals surface area contributed by atoms with E-state index in [1.54, 1.807) is 48.5 Å². The number of aliphatic carboxylic acids is 1. The van der Waals surface area contributed by atoms with E-state index < -0.39 is 11.5 Å². The van der Waals surface area contributed by atoms with Gasteiger partial charge in [0.15, 0.2) is 0 Å². The van der Waals surface area contributed by atoms with E-state index in [1.807, 2.05) is 26.0 Å². The minimum atomic E-state index is -1.15. The largest absolute Gasteiger partial charge is 0.479 e. The highest BCUT2D eigenvalue weighted by atomic mass is 16.4. The van der Waals surface area contributed by atoms with Crippen LogP contribution in [0.5, 0.6) is 0 Å². The van der Waals surface area contributed by atoms with Crippen molar-refractivity contribution < 1.29 is 9.90 Å². The fraction of sp³-hybridized carbons (Fsp3) is 0.312. The molecular formula is C16H19N3O2. The minimum Gasteiger partial charge on any atom is -0.479 e. The maximum absolute atomic E-state index is 12.0. The van der Waals surface area contributed by atoms with Crippen molar-refractivity contribution in [3.63, 3.8) is 0 Å². The number of aromatic nitrogens is 2. The molecule has 0 unspecified atom stereocenters. The molecule has 110 valence electrons. The average Bonchev–Trinajstić information content (AvgIpc) is 2.49. The van der Waals surface area contributed by atoms with Gasteiger partial charge in [0.05, 0.1) is 0 Å². The molecular weight excluding hydrogens is 266 g/mol. The molecule has 1 atom stereocenters. The van der Waals surface area contributed by atoms with Crippen LogP contribution >= 0.6 is 0 Å². The van der Waals surface area contributed by atoms with Crippen molar-refractivity contribution in [3.8, 4) is 0 Å². The number of rotatable bonds is 5. The summed E-state index contributed by atoms with van der Waals surface area (Å²) in [5, 5.41) is 9.80. The minimum absolute atomic E-state index is 0.140. The van der Waals surface area contributed by atoms with Gasteiger partial charge in [-0.2, -0.15) is 0 Å². The van der Waals surface area contributed by atoms with Gasteiger partial charge in [0.1, 0.15) is 17.2 Å². The number of carboxylic acids is 1. The summed E-state index contributed by atoms with van der Waals surface area (Å²) in [7, 11) is 0. The molecule has 0 fully saturated rings. The lowest BCUT2D eigenvalue weighted by Gasteiger charge is -2.40. The number of pyridine rings is 2.